The quantitative estimate of drug-likeness (QED) is 0.233. The highest BCUT2D eigenvalue weighted by Crippen LogP contribution is 2.65. The van der Waals surface area contributed by atoms with E-state index in [9.17, 15) is 18.0 Å². The summed E-state index contributed by atoms with van der Waals surface area (Å²) in [5.41, 5.74) is 7.00. The van der Waals surface area contributed by atoms with Crippen molar-refractivity contribution in [1.29, 1.82) is 0 Å². The van der Waals surface area contributed by atoms with Crippen LogP contribution in [0.1, 0.15) is 49.1 Å². The van der Waals surface area contributed by atoms with Crippen molar-refractivity contribution in [3.63, 3.8) is 0 Å². The fourth-order valence-electron chi connectivity index (χ4n) is 7.62. The third-order valence-electron chi connectivity index (χ3n) is 10.2. The standard InChI is InChI=1S/C33H35N5O2.C2HF3O2/c1-40-25-11-13-29-27(19-25)33(32(39)34-29)20-28(33)22-8-12-26-30(18-22)35-36-31(26)21-6-9-24(10-7-21)38-16-14-37(15-17-38)23-4-2-3-5-23;3-2(4,5)1(6)7/h6-13,18-19,23,28H,2-5,14-17,20H2,1H3,(H,34,39)(H,35,36);(H,6,7)/t28-,33?;/m0./s1. The summed E-state index contributed by atoms with van der Waals surface area (Å²) in [6.45, 7) is 4.54. The van der Waals surface area contributed by atoms with E-state index in [-0.39, 0.29) is 11.8 Å². The summed E-state index contributed by atoms with van der Waals surface area (Å²) >= 11 is 0. The van der Waals surface area contributed by atoms with Crippen LogP contribution in [0.2, 0.25) is 0 Å². The molecule has 12 heteroatoms. The molecule has 4 aromatic rings. The minimum Gasteiger partial charge on any atom is -0.497 e. The Morgan fingerprint density at radius 2 is 1.70 bits per heavy atom. The van der Waals surface area contributed by atoms with Gasteiger partial charge in [-0.05, 0) is 66.8 Å². The maximum absolute atomic E-state index is 13.1. The molecule has 1 amide bonds. The molecule has 2 atom stereocenters. The first-order valence-electron chi connectivity index (χ1n) is 16.0. The van der Waals surface area contributed by atoms with Crippen LogP contribution in [-0.2, 0) is 15.0 Å². The first kappa shape index (κ1) is 31.0. The van der Waals surface area contributed by atoms with Crippen LogP contribution in [0, 0.1) is 0 Å². The molecule has 2 saturated carbocycles. The molecule has 1 spiro atoms. The molecule has 1 saturated heterocycles. The Morgan fingerprint density at radius 3 is 2.36 bits per heavy atom. The lowest BCUT2D eigenvalue weighted by molar-refractivity contribution is -0.192. The number of amides is 1. The number of ether oxygens (including phenoxy) is 1. The zero-order chi connectivity index (χ0) is 32.9. The average Bonchev–Trinajstić information content (AvgIpc) is 3.35. The number of hydrogen-bond acceptors (Lipinski definition) is 6. The lowest BCUT2D eigenvalue weighted by atomic mass is 9.91. The molecule has 0 radical (unpaired) electrons. The Morgan fingerprint density at radius 1 is 1.00 bits per heavy atom. The maximum Gasteiger partial charge on any atom is 0.490 e. The lowest BCUT2D eigenvalue weighted by Gasteiger charge is -2.39. The first-order chi connectivity index (χ1) is 22.6. The number of aromatic amines is 1. The molecular weight excluding hydrogens is 611 g/mol. The molecule has 47 heavy (non-hydrogen) atoms. The number of piperazine rings is 1. The molecule has 0 bridgehead atoms. The average molecular weight is 648 g/mol. The van der Waals surface area contributed by atoms with Crippen molar-refractivity contribution in [1.82, 2.24) is 15.1 Å². The number of halogens is 3. The van der Waals surface area contributed by atoms with Crippen molar-refractivity contribution in [2.75, 3.05) is 43.5 Å². The van der Waals surface area contributed by atoms with E-state index in [1.54, 1.807) is 7.11 Å². The first-order valence-corrected chi connectivity index (χ1v) is 16.0. The monoisotopic (exact) mass is 647 g/mol. The van der Waals surface area contributed by atoms with Crippen LogP contribution >= 0.6 is 0 Å². The SMILES string of the molecule is COc1ccc2c(c1)C1(C[C@H]1c1ccc3c(-c4ccc(N5CCN(C6CCCC6)CC5)cc4)n[nH]c3c1)C(=O)N2.O=C(O)C(F)(F)F. The van der Waals surface area contributed by atoms with Gasteiger partial charge in [-0.25, -0.2) is 4.79 Å². The summed E-state index contributed by atoms with van der Waals surface area (Å²) in [5.74, 6) is -1.74. The van der Waals surface area contributed by atoms with Crippen molar-refractivity contribution in [3.8, 4) is 17.0 Å². The van der Waals surface area contributed by atoms with Gasteiger partial charge in [0, 0.05) is 60.5 Å². The van der Waals surface area contributed by atoms with Gasteiger partial charge in [-0.2, -0.15) is 18.3 Å². The van der Waals surface area contributed by atoms with E-state index in [4.69, 9.17) is 19.7 Å². The summed E-state index contributed by atoms with van der Waals surface area (Å²) in [5, 5.41) is 19.3. The van der Waals surface area contributed by atoms with Gasteiger partial charge in [-0.3, -0.25) is 14.8 Å². The molecule has 3 fully saturated rings. The fourth-order valence-corrected chi connectivity index (χ4v) is 7.62. The lowest BCUT2D eigenvalue weighted by Crippen LogP contribution is -2.49. The van der Waals surface area contributed by atoms with Crippen LogP contribution in [0.4, 0.5) is 24.5 Å². The molecule has 3 aromatic carbocycles. The van der Waals surface area contributed by atoms with E-state index in [1.807, 2.05) is 18.2 Å². The van der Waals surface area contributed by atoms with Gasteiger partial charge in [0.2, 0.25) is 5.91 Å². The van der Waals surface area contributed by atoms with E-state index in [0.717, 1.165) is 64.7 Å². The number of methoxy groups -OCH3 is 1. The van der Waals surface area contributed by atoms with Crippen molar-refractivity contribution in [3.05, 3.63) is 71.8 Å². The molecule has 246 valence electrons. The predicted molar refractivity (Wildman–Crippen MR) is 172 cm³/mol. The van der Waals surface area contributed by atoms with Gasteiger partial charge in [0.15, 0.2) is 0 Å². The summed E-state index contributed by atoms with van der Waals surface area (Å²) in [6, 6.07) is 22.1. The zero-order valence-corrected chi connectivity index (χ0v) is 25.9. The highest BCUT2D eigenvalue weighted by Gasteiger charge is 2.65. The van der Waals surface area contributed by atoms with Gasteiger partial charge in [-0.15, -0.1) is 0 Å². The maximum atomic E-state index is 13.1. The molecule has 4 aliphatic rings. The number of rotatable bonds is 5. The fraction of sp³-hybridized carbons (Fsp3) is 0.400. The van der Waals surface area contributed by atoms with Crippen molar-refractivity contribution in [2.24, 2.45) is 0 Å². The predicted octanol–water partition coefficient (Wildman–Crippen LogP) is 6.31. The minimum absolute atomic E-state index is 0.0891. The van der Waals surface area contributed by atoms with Gasteiger partial charge < -0.3 is 20.1 Å². The Hall–Kier alpha value is -4.58. The van der Waals surface area contributed by atoms with Crippen LogP contribution in [-0.4, -0.2) is 77.6 Å². The smallest absolute Gasteiger partial charge is 0.490 e. The Kier molecular flexibility index (Phi) is 7.86. The third-order valence-corrected chi connectivity index (χ3v) is 10.2. The molecule has 3 heterocycles. The van der Waals surface area contributed by atoms with Crippen LogP contribution in [0.25, 0.3) is 22.2 Å². The Labute approximate surface area is 269 Å². The van der Waals surface area contributed by atoms with E-state index in [1.165, 1.54) is 50.0 Å². The number of carbonyl (C=O) groups excluding carboxylic acids is 1. The normalized spacial score (nSPS) is 22.6. The number of aliphatic carboxylic acids is 1. The van der Waals surface area contributed by atoms with Crippen molar-refractivity contribution < 1.29 is 32.6 Å². The number of carboxylic acid groups (broad SMARTS) is 1. The molecule has 3 N–H and O–H groups in total. The topological polar surface area (TPSA) is 111 Å². The van der Waals surface area contributed by atoms with E-state index < -0.39 is 17.6 Å². The highest BCUT2D eigenvalue weighted by atomic mass is 19.4. The van der Waals surface area contributed by atoms with Gasteiger partial charge in [0.1, 0.15) is 5.75 Å². The molecule has 1 aromatic heterocycles. The molecular formula is C35H36F3N5O4. The van der Waals surface area contributed by atoms with Gasteiger partial charge >= 0.3 is 12.1 Å². The number of carbonyl (C=O) groups is 2. The van der Waals surface area contributed by atoms with Crippen molar-refractivity contribution in [2.45, 2.75) is 55.7 Å². The molecule has 9 nitrogen and oxygen atoms in total. The largest absolute Gasteiger partial charge is 0.497 e. The van der Waals surface area contributed by atoms with Gasteiger partial charge in [-0.1, -0.05) is 37.1 Å². The number of benzene rings is 3. The number of carboxylic acids is 1. The van der Waals surface area contributed by atoms with Crippen LogP contribution in [0.15, 0.2) is 60.7 Å². The number of H-pyrrole nitrogens is 1. The number of hydrogen-bond donors (Lipinski definition) is 3. The number of alkyl halides is 3. The molecule has 1 unspecified atom stereocenters. The van der Waals surface area contributed by atoms with Crippen LogP contribution in [0.3, 0.4) is 0 Å². The van der Waals surface area contributed by atoms with Crippen LogP contribution < -0.4 is 15.0 Å². The highest BCUT2D eigenvalue weighted by molar-refractivity contribution is 6.10. The third kappa shape index (κ3) is 5.68. The van der Waals surface area contributed by atoms with Gasteiger partial charge in [0.25, 0.3) is 0 Å². The summed E-state index contributed by atoms with van der Waals surface area (Å²) in [6.07, 6.45) is 1.29. The summed E-state index contributed by atoms with van der Waals surface area (Å²) < 4.78 is 37.2. The number of fused-ring (bicyclic) bond motifs is 3. The Balaban J connectivity index is 0.000000455. The van der Waals surface area contributed by atoms with E-state index in [2.05, 4.69) is 62.7 Å². The second kappa shape index (κ2) is 11.9. The molecule has 8 rings (SSSR count). The van der Waals surface area contributed by atoms with Gasteiger partial charge in [0.05, 0.1) is 23.7 Å². The number of aromatic nitrogens is 2. The van der Waals surface area contributed by atoms with Crippen LogP contribution in [0.5, 0.6) is 5.75 Å². The second-order valence-electron chi connectivity index (χ2n) is 12.8. The summed E-state index contributed by atoms with van der Waals surface area (Å²) in [7, 11) is 1.66. The number of anilines is 2. The number of nitrogens with zero attached hydrogens (tertiary/aromatic N) is 3. The van der Waals surface area contributed by atoms with Crippen molar-refractivity contribution >= 4 is 34.2 Å². The molecule has 2 aliphatic carbocycles. The zero-order valence-electron chi connectivity index (χ0n) is 25.9. The van der Waals surface area contributed by atoms with E-state index >= 15 is 0 Å². The minimum atomic E-state index is -5.08. The summed E-state index contributed by atoms with van der Waals surface area (Å²) in [4.78, 5) is 27.2. The van der Waals surface area contributed by atoms with E-state index in [0.29, 0.717) is 0 Å². The second-order valence-corrected chi connectivity index (χ2v) is 12.8. The molecule has 2 aliphatic heterocycles. The Bertz CT molecular complexity index is 1810. The number of nitrogens with one attached hydrogen (secondary N) is 2.